The van der Waals surface area contributed by atoms with Crippen LogP contribution in [0, 0.1) is 16.0 Å². The Bertz CT molecular complexity index is 1460. The molecule has 1 amide bonds. The highest BCUT2D eigenvalue weighted by atomic mass is 16.6. The maximum absolute atomic E-state index is 13.1. The van der Waals surface area contributed by atoms with E-state index in [0.717, 1.165) is 50.9 Å². The molecule has 0 bridgehead atoms. The van der Waals surface area contributed by atoms with E-state index in [1.54, 1.807) is 23.1 Å². The van der Waals surface area contributed by atoms with Crippen LogP contribution in [0.2, 0.25) is 0 Å². The Balaban J connectivity index is 1.18. The van der Waals surface area contributed by atoms with Crippen molar-refractivity contribution in [2.45, 2.75) is 56.3 Å². The summed E-state index contributed by atoms with van der Waals surface area (Å²) in [7, 11) is 0. The van der Waals surface area contributed by atoms with Crippen molar-refractivity contribution in [3.05, 3.63) is 124 Å². The van der Waals surface area contributed by atoms with Crippen LogP contribution in [0.4, 0.5) is 10.5 Å². The summed E-state index contributed by atoms with van der Waals surface area (Å²) in [5.41, 5.74) is 2.72. The lowest BCUT2D eigenvalue weighted by atomic mass is 9.88. The molecule has 2 fully saturated rings. The fourth-order valence-corrected chi connectivity index (χ4v) is 6.96. The van der Waals surface area contributed by atoms with Crippen molar-refractivity contribution < 1.29 is 24.4 Å². The molecule has 10 nitrogen and oxygen atoms in total. The number of non-ortho nitro benzene ring substituents is 1. The zero-order valence-electron chi connectivity index (χ0n) is 25.9. The van der Waals surface area contributed by atoms with Gasteiger partial charge in [-0.05, 0) is 66.3 Å². The number of nitro groups is 1. The highest BCUT2D eigenvalue weighted by molar-refractivity contribution is 5.75. The Morgan fingerprint density at radius 2 is 1.67 bits per heavy atom. The van der Waals surface area contributed by atoms with Gasteiger partial charge in [0.15, 0.2) is 0 Å². The minimum atomic E-state index is -0.872. The standard InChI is InChI=1S/C36H42N4O6/c1-2-19-39(36(43)46-25-26-13-15-32(16-14-26)40(44)45)31-17-20-38(21-18-31)24-29-22-30(23-33(29)27-9-5-3-6-10-27)37-34(35(41)42)28-11-7-4-8-12-28/h2-16,29-31,33-34,37H,1,17-25H2,(H,41,42). The maximum Gasteiger partial charge on any atom is 0.410 e. The third-order valence-corrected chi connectivity index (χ3v) is 9.27. The molecule has 2 aliphatic rings. The first kappa shape index (κ1) is 32.8. The van der Waals surface area contributed by atoms with Crippen molar-refractivity contribution in [3.63, 3.8) is 0 Å². The first-order chi connectivity index (χ1) is 22.3. The highest BCUT2D eigenvalue weighted by Gasteiger charge is 2.39. The Morgan fingerprint density at radius 3 is 2.28 bits per heavy atom. The summed E-state index contributed by atoms with van der Waals surface area (Å²) in [6.07, 6.45) is 4.65. The number of nitrogens with zero attached hydrogens (tertiary/aromatic N) is 3. The van der Waals surface area contributed by atoms with Crippen LogP contribution in [-0.2, 0) is 16.1 Å². The molecular formula is C36H42N4O6. The van der Waals surface area contributed by atoms with Crippen molar-refractivity contribution in [2.75, 3.05) is 26.2 Å². The number of carbonyl (C=O) groups excluding carboxylic acids is 1. The molecule has 46 heavy (non-hydrogen) atoms. The van der Waals surface area contributed by atoms with E-state index in [-0.39, 0.29) is 24.4 Å². The number of ether oxygens (including phenoxy) is 1. The number of carboxylic acids is 1. The number of carbonyl (C=O) groups is 2. The number of hydrogen-bond acceptors (Lipinski definition) is 7. The number of nitro benzene ring substituents is 1. The number of aliphatic carboxylic acids is 1. The van der Waals surface area contributed by atoms with Gasteiger partial charge < -0.3 is 19.6 Å². The molecule has 242 valence electrons. The first-order valence-electron chi connectivity index (χ1n) is 15.9. The Labute approximate surface area is 269 Å². The second-order valence-electron chi connectivity index (χ2n) is 12.2. The van der Waals surface area contributed by atoms with E-state index in [1.165, 1.54) is 17.7 Å². The van der Waals surface area contributed by atoms with E-state index in [2.05, 4.69) is 41.1 Å². The smallest absolute Gasteiger partial charge is 0.410 e. The van der Waals surface area contributed by atoms with E-state index < -0.39 is 23.0 Å². The summed E-state index contributed by atoms with van der Waals surface area (Å²) >= 11 is 0. The summed E-state index contributed by atoms with van der Waals surface area (Å²) in [4.78, 5) is 40.0. The number of carboxylic acid groups (broad SMARTS) is 1. The van der Waals surface area contributed by atoms with Gasteiger partial charge in [0.05, 0.1) is 4.92 Å². The van der Waals surface area contributed by atoms with Crippen LogP contribution in [0.25, 0.3) is 0 Å². The quantitative estimate of drug-likeness (QED) is 0.131. The van der Waals surface area contributed by atoms with Gasteiger partial charge in [0.2, 0.25) is 0 Å². The fraction of sp³-hybridized carbons (Fsp3) is 0.389. The number of hydrogen-bond donors (Lipinski definition) is 2. The number of nitrogens with one attached hydrogen (secondary N) is 1. The first-order valence-corrected chi connectivity index (χ1v) is 15.9. The van der Waals surface area contributed by atoms with Gasteiger partial charge in [-0.1, -0.05) is 66.7 Å². The number of amides is 1. The van der Waals surface area contributed by atoms with E-state index in [1.807, 2.05) is 36.4 Å². The topological polar surface area (TPSA) is 125 Å². The number of benzene rings is 3. The van der Waals surface area contributed by atoms with E-state index in [9.17, 15) is 24.8 Å². The molecule has 1 aliphatic heterocycles. The Kier molecular flexibility index (Phi) is 11.2. The van der Waals surface area contributed by atoms with Crippen LogP contribution < -0.4 is 5.32 Å². The van der Waals surface area contributed by atoms with Crippen molar-refractivity contribution in [3.8, 4) is 0 Å². The molecule has 2 N–H and O–H groups in total. The van der Waals surface area contributed by atoms with Gasteiger partial charge in [-0.2, -0.15) is 0 Å². The number of rotatable bonds is 13. The summed E-state index contributed by atoms with van der Waals surface area (Å²) in [6, 6.07) is 25.2. The van der Waals surface area contributed by atoms with Gasteiger partial charge in [-0.15, -0.1) is 6.58 Å². The average molecular weight is 627 g/mol. The molecule has 1 heterocycles. The summed E-state index contributed by atoms with van der Waals surface area (Å²) in [6.45, 7) is 6.83. The number of likely N-dealkylation sites (tertiary alicyclic amines) is 1. The normalized spacial score (nSPS) is 20.9. The van der Waals surface area contributed by atoms with Crippen molar-refractivity contribution in [1.29, 1.82) is 0 Å². The number of piperidine rings is 1. The van der Waals surface area contributed by atoms with E-state index >= 15 is 0 Å². The minimum Gasteiger partial charge on any atom is -0.480 e. The van der Waals surface area contributed by atoms with Crippen LogP contribution in [-0.4, -0.2) is 70.2 Å². The molecule has 5 rings (SSSR count). The average Bonchev–Trinajstić information content (AvgIpc) is 3.48. The van der Waals surface area contributed by atoms with Gasteiger partial charge >= 0.3 is 12.1 Å². The summed E-state index contributed by atoms with van der Waals surface area (Å²) in [5.74, 6) is -0.200. The second-order valence-corrected chi connectivity index (χ2v) is 12.2. The van der Waals surface area contributed by atoms with Crippen molar-refractivity contribution in [2.24, 2.45) is 5.92 Å². The highest BCUT2D eigenvalue weighted by Crippen LogP contribution is 2.41. The lowest BCUT2D eigenvalue weighted by Crippen LogP contribution is -2.48. The summed E-state index contributed by atoms with van der Waals surface area (Å²) in [5, 5.41) is 24.4. The van der Waals surface area contributed by atoms with Crippen LogP contribution in [0.1, 0.15) is 54.3 Å². The third-order valence-electron chi connectivity index (χ3n) is 9.27. The van der Waals surface area contributed by atoms with Gasteiger partial charge in [0, 0.05) is 50.4 Å². The molecular weight excluding hydrogens is 584 g/mol. The largest absolute Gasteiger partial charge is 0.480 e. The molecule has 4 unspecified atom stereocenters. The van der Waals surface area contributed by atoms with Crippen LogP contribution >= 0.6 is 0 Å². The monoisotopic (exact) mass is 626 g/mol. The molecule has 1 saturated heterocycles. The lowest BCUT2D eigenvalue weighted by molar-refractivity contribution is -0.384. The van der Waals surface area contributed by atoms with Gasteiger partial charge in [-0.3, -0.25) is 20.2 Å². The molecule has 3 aromatic carbocycles. The van der Waals surface area contributed by atoms with Gasteiger partial charge in [0.25, 0.3) is 5.69 Å². The zero-order chi connectivity index (χ0) is 32.5. The fourth-order valence-electron chi connectivity index (χ4n) is 6.96. The minimum absolute atomic E-state index is 0.00811. The molecule has 10 heteroatoms. The lowest BCUT2D eigenvalue weighted by Gasteiger charge is -2.39. The van der Waals surface area contributed by atoms with Crippen molar-refractivity contribution in [1.82, 2.24) is 15.1 Å². The zero-order valence-corrected chi connectivity index (χ0v) is 25.9. The Morgan fingerprint density at radius 1 is 1.02 bits per heavy atom. The molecule has 1 saturated carbocycles. The Hall–Kier alpha value is -4.54. The second kappa shape index (κ2) is 15.6. The molecule has 0 radical (unpaired) electrons. The molecule has 1 aliphatic carbocycles. The van der Waals surface area contributed by atoms with E-state index in [0.29, 0.717) is 23.9 Å². The van der Waals surface area contributed by atoms with Crippen LogP contribution in [0.3, 0.4) is 0 Å². The predicted molar refractivity (Wildman–Crippen MR) is 175 cm³/mol. The van der Waals surface area contributed by atoms with Crippen molar-refractivity contribution >= 4 is 17.7 Å². The summed E-state index contributed by atoms with van der Waals surface area (Å²) < 4.78 is 5.59. The maximum atomic E-state index is 13.1. The van der Waals surface area contributed by atoms with Gasteiger partial charge in [-0.25, -0.2) is 4.79 Å². The molecule has 4 atom stereocenters. The molecule has 3 aromatic rings. The molecule has 0 spiro atoms. The SMILES string of the molecule is C=CCN(C(=O)OCc1ccc([N+](=O)[O-])cc1)C1CCN(CC2CC(NC(C(=O)O)c3ccccc3)CC2c2ccccc2)CC1. The van der Waals surface area contributed by atoms with Crippen LogP contribution in [0.5, 0.6) is 0 Å². The molecule has 0 aromatic heterocycles. The third kappa shape index (κ3) is 8.38. The van der Waals surface area contributed by atoms with Crippen LogP contribution in [0.15, 0.2) is 97.6 Å². The van der Waals surface area contributed by atoms with Gasteiger partial charge in [0.1, 0.15) is 12.6 Å². The predicted octanol–water partition coefficient (Wildman–Crippen LogP) is 6.16. The van der Waals surface area contributed by atoms with E-state index in [4.69, 9.17) is 4.74 Å².